The molecule has 2 saturated carbocycles. The first-order valence-corrected chi connectivity index (χ1v) is 14.8. The molecule has 2 aromatic rings. The predicted octanol–water partition coefficient (Wildman–Crippen LogP) is 6.00. The first-order valence-electron chi connectivity index (χ1n) is 14.8. The Morgan fingerprint density at radius 1 is 1.23 bits per heavy atom. The molecule has 2 fully saturated rings. The molecule has 0 amide bonds. The van der Waals surface area contributed by atoms with E-state index in [1.807, 2.05) is 6.08 Å². The third-order valence-corrected chi connectivity index (χ3v) is 9.99. The predicted molar refractivity (Wildman–Crippen MR) is 154 cm³/mol. The van der Waals surface area contributed by atoms with Crippen LogP contribution in [0.25, 0.3) is 11.3 Å². The number of ketones is 1. The van der Waals surface area contributed by atoms with E-state index in [-0.39, 0.29) is 40.5 Å². The van der Waals surface area contributed by atoms with Gasteiger partial charge in [0.05, 0.1) is 17.6 Å². The molecule has 10 heteroatoms. The van der Waals surface area contributed by atoms with Gasteiger partial charge >= 0.3 is 12.1 Å². The molecule has 232 valence electrons. The number of aryl methyl sites for hydroxylation is 1. The normalized spacial score (nSPS) is 33.6. The highest BCUT2D eigenvalue weighted by Crippen LogP contribution is 2.62. The Labute approximate surface area is 249 Å². The zero-order valence-corrected chi connectivity index (χ0v) is 25.1. The van der Waals surface area contributed by atoms with Crippen LogP contribution in [-0.4, -0.2) is 49.6 Å². The van der Waals surface area contributed by atoms with E-state index in [0.717, 1.165) is 18.6 Å². The van der Waals surface area contributed by atoms with E-state index in [1.165, 1.54) is 23.0 Å². The van der Waals surface area contributed by atoms with Crippen LogP contribution in [0.2, 0.25) is 0 Å². The lowest BCUT2D eigenvalue weighted by atomic mass is 9.77. The smallest absolute Gasteiger partial charge is 0.416 e. The molecule has 1 heterocycles. The summed E-state index contributed by atoms with van der Waals surface area (Å²) in [5.74, 6) is -2.53. The summed E-state index contributed by atoms with van der Waals surface area (Å²) in [5, 5.41) is 27.7. The van der Waals surface area contributed by atoms with E-state index in [9.17, 15) is 33.0 Å². The molecule has 3 aliphatic carbocycles. The number of carbonyl (C=O) groups excluding carboxylic acids is 2. The number of aliphatic hydroxyl groups excluding tert-OH is 1. The largest absolute Gasteiger partial charge is 0.454 e. The fourth-order valence-corrected chi connectivity index (χ4v) is 7.25. The van der Waals surface area contributed by atoms with Gasteiger partial charge in [-0.05, 0) is 79.6 Å². The van der Waals surface area contributed by atoms with E-state index in [0.29, 0.717) is 24.1 Å². The Bertz CT molecular complexity index is 1470. The number of aliphatic hydroxyl groups is 2. The topological polar surface area (TPSA) is 102 Å². The molecule has 0 aliphatic heterocycles. The van der Waals surface area contributed by atoms with Crippen molar-refractivity contribution in [2.24, 2.45) is 29.1 Å². The molecule has 2 N–H and O–H groups in total. The van der Waals surface area contributed by atoms with Crippen molar-refractivity contribution in [2.75, 3.05) is 0 Å². The van der Waals surface area contributed by atoms with Crippen LogP contribution in [0.5, 0.6) is 0 Å². The summed E-state index contributed by atoms with van der Waals surface area (Å²) in [7, 11) is 0. The number of benzene rings is 1. The number of halogens is 3. The molecule has 0 spiro atoms. The fourth-order valence-electron chi connectivity index (χ4n) is 7.25. The minimum Gasteiger partial charge on any atom is -0.454 e. The second-order valence-corrected chi connectivity index (χ2v) is 13.1. The van der Waals surface area contributed by atoms with Crippen molar-refractivity contribution in [3.05, 3.63) is 65.4 Å². The molecule has 1 aromatic heterocycles. The highest BCUT2D eigenvalue weighted by atomic mass is 19.4. The van der Waals surface area contributed by atoms with Gasteiger partial charge in [0, 0.05) is 18.3 Å². The number of carbonyl (C=O) groups is 2. The van der Waals surface area contributed by atoms with Gasteiger partial charge in [0.25, 0.3) is 0 Å². The minimum atomic E-state index is -4.52. The SMILES string of the molecule is C=C1CC[C@H]2[C@@H](/C=C(\C)C(=O)[C@@]3(O)C[C@H](C)[C@H](O)[C@@H]3[C@H]1OC(=O)c1cn(CC)nc1-c1ccc(C(F)(F)F)cc1)C2(C)C. The van der Waals surface area contributed by atoms with E-state index >= 15 is 0 Å². The number of rotatable bonds is 4. The van der Waals surface area contributed by atoms with Gasteiger partial charge in [-0.25, -0.2) is 4.79 Å². The Hall–Kier alpha value is -3.24. The van der Waals surface area contributed by atoms with E-state index in [1.54, 1.807) is 20.8 Å². The lowest BCUT2D eigenvalue weighted by Gasteiger charge is -2.36. The summed E-state index contributed by atoms with van der Waals surface area (Å²) in [6.45, 7) is 14.1. The number of allylic oxidation sites excluding steroid dienone is 1. The summed E-state index contributed by atoms with van der Waals surface area (Å²) in [6.07, 6.45) is -2.31. The zero-order chi connectivity index (χ0) is 31.6. The van der Waals surface area contributed by atoms with E-state index in [2.05, 4.69) is 25.5 Å². The molecule has 5 rings (SSSR count). The van der Waals surface area contributed by atoms with Crippen LogP contribution in [0.1, 0.15) is 69.8 Å². The number of hydrogen-bond acceptors (Lipinski definition) is 6. The van der Waals surface area contributed by atoms with Gasteiger partial charge in [-0.2, -0.15) is 18.3 Å². The summed E-state index contributed by atoms with van der Waals surface area (Å²) >= 11 is 0. The summed E-state index contributed by atoms with van der Waals surface area (Å²) in [5.41, 5.74) is -1.52. The quantitative estimate of drug-likeness (QED) is 0.330. The maximum Gasteiger partial charge on any atom is 0.416 e. The van der Waals surface area contributed by atoms with Crippen molar-refractivity contribution in [2.45, 2.75) is 84.4 Å². The van der Waals surface area contributed by atoms with Gasteiger partial charge in [-0.15, -0.1) is 0 Å². The number of Topliss-reactive ketones (excluding diaryl/α,β-unsaturated/α-hetero) is 1. The minimum absolute atomic E-state index is 0.00770. The van der Waals surface area contributed by atoms with Crippen molar-refractivity contribution in [1.29, 1.82) is 0 Å². The molecule has 0 saturated heterocycles. The molecule has 0 unspecified atom stereocenters. The third-order valence-electron chi connectivity index (χ3n) is 9.99. The lowest BCUT2D eigenvalue weighted by Crippen LogP contribution is -2.52. The van der Waals surface area contributed by atoms with Gasteiger partial charge in [0.15, 0.2) is 5.78 Å². The Morgan fingerprint density at radius 2 is 1.88 bits per heavy atom. The van der Waals surface area contributed by atoms with Gasteiger partial charge in [0.1, 0.15) is 23.0 Å². The number of hydrogen-bond donors (Lipinski definition) is 2. The Kier molecular flexibility index (Phi) is 7.79. The molecule has 0 radical (unpaired) electrons. The number of aromatic nitrogens is 2. The molecule has 43 heavy (non-hydrogen) atoms. The zero-order valence-electron chi connectivity index (χ0n) is 25.1. The molecular weight excluding hydrogens is 561 g/mol. The number of esters is 1. The summed E-state index contributed by atoms with van der Waals surface area (Å²) < 4.78 is 47.1. The second kappa shape index (κ2) is 10.7. The molecular formula is C33H39F3N2O5. The molecule has 7 atom stereocenters. The number of ether oxygens (including phenoxy) is 1. The third kappa shape index (κ3) is 5.37. The van der Waals surface area contributed by atoms with Gasteiger partial charge in [-0.3, -0.25) is 9.48 Å². The average Bonchev–Trinajstić information content (AvgIpc) is 3.21. The summed E-state index contributed by atoms with van der Waals surface area (Å²) in [4.78, 5) is 27.7. The first kappa shape index (κ1) is 31.2. The maximum absolute atomic E-state index is 13.9. The highest BCUT2D eigenvalue weighted by molar-refractivity contribution is 6.02. The maximum atomic E-state index is 13.9. The molecule has 3 aliphatic rings. The monoisotopic (exact) mass is 600 g/mol. The van der Waals surface area contributed by atoms with Crippen molar-refractivity contribution in [3.63, 3.8) is 0 Å². The summed E-state index contributed by atoms with van der Waals surface area (Å²) in [6, 6.07) is 4.34. The van der Waals surface area contributed by atoms with Crippen LogP contribution in [0.15, 0.2) is 54.3 Å². The van der Waals surface area contributed by atoms with Crippen molar-refractivity contribution < 1.29 is 37.7 Å². The standard InChI is InChI=1S/C33H39F3N2O5/c1-7-38-16-22(26(37-38)20-9-11-21(12-10-20)33(34,35)36)30(41)43-28-17(2)8-13-23-24(31(23,5)6)14-18(3)29(40)32(42)15-19(4)27(39)25(28)32/h9-12,14,16,19,23-25,27-28,39,42H,2,7-8,13,15H2,1,3-6H3/b18-14+/t19-,23-,24+,25+,27-,28-,32+/m0/s1. The average molecular weight is 601 g/mol. The van der Waals surface area contributed by atoms with E-state index in [4.69, 9.17) is 4.74 Å². The lowest BCUT2D eigenvalue weighted by molar-refractivity contribution is -0.144. The number of fused-ring (bicyclic) bond motifs is 2. The molecule has 0 bridgehead atoms. The second-order valence-electron chi connectivity index (χ2n) is 13.1. The van der Waals surface area contributed by atoms with Crippen LogP contribution >= 0.6 is 0 Å². The van der Waals surface area contributed by atoms with Crippen molar-refractivity contribution >= 4 is 11.8 Å². The van der Waals surface area contributed by atoms with Gasteiger partial charge < -0.3 is 14.9 Å². The van der Waals surface area contributed by atoms with Gasteiger partial charge in [0.2, 0.25) is 0 Å². The Morgan fingerprint density at radius 3 is 2.49 bits per heavy atom. The first-order chi connectivity index (χ1) is 20.0. The number of nitrogens with zero attached hydrogens (tertiary/aromatic N) is 2. The van der Waals surface area contributed by atoms with Crippen LogP contribution in [0.3, 0.4) is 0 Å². The molecule has 1 aromatic carbocycles. The van der Waals surface area contributed by atoms with Crippen LogP contribution in [0.4, 0.5) is 13.2 Å². The van der Waals surface area contributed by atoms with E-state index < -0.39 is 53.1 Å². The van der Waals surface area contributed by atoms with Gasteiger partial charge in [-0.1, -0.05) is 45.6 Å². The van der Waals surface area contributed by atoms with Crippen LogP contribution < -0.4 is 0 Å². The van der Waals surface area contributed by atoms with Crippen LogP contribution in [-0.2, 0) is 22.3 Å². The van der Waals surface area contributed by atoms with Crippen LogP contribution in [0, 0.1) is 29.1 Å². The molecule has 7 nitrogen and oxygen atoms in total. The van der Waals surface area contributed by atoms with Crippen molar-refractivity contribution in [1.82, 2.24) is 9.78 Å². The number of alkyl halides is 3. The Balaban J connectivity index is 1.54. The fraction of sp³-hybridized carbons (Fsp3) is 0.545. The highest BCUT2D eigenvalue weighted by Gasteiger charge is 2.61. The van der Waals surface area contributed by atoms with Crippen molar-refractivity contribution in [3.8, 4) is 11.3 Å².